The summed E-state index contributed by atoms with van der Waals surface area (Å²) in [5.41, 5.74) is 4.71. The molecule has 6 nitrogen and oxygen atoms in total. The normalized spacial score (nSPS) is 11.1. The van der Waals surface area contributed by atoms with Crippen molar-refractivity contribution < 1.29 is 31.8 Å². The Morgan fingerprint density at radius 2 is 2.08 bits per heavy atom. The molecule has 0 saturated heterocycles. The highest BCUT2D eigenvalue weighted by Gasteiger charge is 2.30. The topological polar surface area (TPSA) is 90.3 Å². The Morgan fingerprint density at radius 3 is 2.62 bits per heavy atom. The van der Waals surface area contributed by atoms with Crippen LogP contribution in [0.25, 0.3) is 5.69 Å². The van der Waals surface area contributed by atoms with Crippen LogP contribution in [0.3, 0.4) is 0 Å². The van der Waals surface area contributed by atoms with Gasteiger partial charge in [0.25, 0.3) is 0 Å². The van der Waals surface area contributed by atoms with Crippen LogP contribution in [0.5, 0.6) is 5.75 Å². The van der Waals surface area contributed by atoms with Gasteiger partial charge < -0.3 is 19.8 Å². The van der Waals surface area contributed by atoms with Crippen LogP contribution in [0.2, 0.25) is 0 Å². The SMILES string of the molecule is COC(=O)c1c(N)c(C#N)cn1-c1cc(F)c(Br)cc1OCC(F)(F)F. The van der Waals surface area contributed by atoms with E-state index in [0.29, 0.717) is 0 Å². The number of hydrogen-bond donors (Lipinski definition) is 1. The molecule has 0 spiro atoms. The molecule has 11 heteroatoms. The van der Waals surface area contributed by atoms with Gasteiger partial charge in [-0.15, -0.1) is 0 Å². The quantitative estimate of drug-likeness (QED) is 0.585. The van der Waals surface area contributed by atoms with Crippen LogP contribution < -0.4 is 10.5 Å². The number of ether oxygens (including phenoxy) is 2. The number of hydrogen-bond acceptors (Lipinski definition) is 5. The molecule has 1 aromatic carbocycles. The number of benzene rings is 1. The number of rotatable bonds is 4. The number of alkyl halides is 3. The Kier molecular flexibility index (Phi) is 5.46. The predicted molar refractivity (Wildman–Crippen MR) is 85.4 cm³/mol. The van der Waals surface area contributed by atoms with Gasteiger partial charge in [0, 0.05) is 12.3 Å². The zero-order valence-corrected chi connectivity index (χ0v) is 14.6. The van der Waals surface area contributed by atoms with Gasteiger partial charge in [-0.2, -0.15) is 18.4 Å². The van der Waals surface area contributed by atoms with E-state index in [1.54, 1.807) is 6.07 Å². The van der Waals surface area contributed by atoms with Crippen molar-refractivity contribution in [2.75, 3.05) is 19.5 Å². The fraction of sp³-hybridized carbons (Fsp3) is 0.200. The number of halogens is 5. The van der Waals surface area contributed by atoms with Gasteiger partial charge in [-0.25, -0.2) is 9.18 Å². The third-order valence-corrected chi connectivity index (χ3v) is 3.80. The largest absolute Gasteiger partial charge is 0.482 e. The molecule has 0 unspecified atom stereocenters. The van der Waals surface area contributed by atoms with E-state index in [1.807, 2.05) is 0 Å². The second-order valence-corrected chi connectivity index (χ2v) is 5.77. The first-order chi connectivity index (χ1) is 12.1. The van der Waals surface area contributed by atoms with E-state index in [0.717, 1.165) is 30.0 Å². The molecule has 2 aromatic rings. The summed E-state index contributed by atoms with van der Waals surface area (Å²) in [6, 6.07) is 3.54. The number of esters is 1. The van der Waals surface area contributed by atoms with Crippen LogP contribution in [0.15, 0.2) is 22.8 Å². The second-order valence-electron chi connectivity index (χ2n) is 4.92. The standard InChI is InChI=1S/C15H10BrF4N3O3/c1-25-14(24)13-12(22)7(4-21)5-23(13)10-3-9(17)8(16)2-11(10)26-6-15(18,19)20/h2-3,5H,6,22H2,1H3. The summed E-state index contributed by atoms with van der Waals surface area (Å²) in [4.78, 5) is 12.0. The van der Waals surface area contributed by atoms with Crippen LogP contribution >= 0.6 is 15.9 Å². The van der Waals surface area contributed by atoms with Crippen LogP contribution in [0.1, 0.15) is 16.1 Å². The van der Waals surface area contributed by atoms with Crippen molar-refractivity contribution in [2.45, 2.75) is 6.18 Å². The molecular weight excluding hydrogens is 426 g/mol. The summed E-state index contributed by atoms with van der Waals surface area (Å²) in [6.07, 6.45) is -3.57. The molecule has 0 radical (unpaired) electrons. The molecule has 0 saturated carbocycles. The average molecular weight is 436 g/mol. The van der Waals surface area contributed by atoms with E-state index in [4.69, 9.17) is 15.7 Å². The third-order valence-electron chi connectivity index (χ3n) is 3.20. The molecule has 0 aliphatic heterocycles. The Labute approximate surface area is 152 Å². The van der Waals surface area contributed by atoms with Crippen LogP contribution in [-0.4, -0.2) is 30.4 Å². The number of nitrogen functional groups attached to an aromatic ring is 1. The zero-order valence-electron chi connectivity index (χ0n) is 13.0. The molecular formula is C15H10BrF4N3O3. The van der Waals surface area contributed by atoms with Gasteiger partial charge in [-0.05, 0) is 22.0 Å². The average Bonchev–Trinajstić information content (AvgIpc) is 2.90. The number of carbonyl (C=O) groups is 1. The first-order valence-corrected chi connectivity index (χ1v) is 7.56. The number of carbonyl (C=O) groups excluding carboxylic acids is 1. The molecule has 26 heavy (non-hydrogen) atoms. The highest BCUT2D eigenvalue weighted by molar-refractivity contribution is 9.10. The summed E-state index contributed by atoms with van der Waals surface area (Å²) in [5, 5.41) is 9.08. The van der Waals surface area contributed by atoms with Crippen LogP contribution in [-0.2, 0) is 4.74 Å². The smallest absolute Gasteiger partial charge is 0.422 e. The Hall–Kier alpha value is -2.74. The molecule has 0 aliphatic carbocycles. The van der Waals surface area contributed by atoms with Crippen molar-refractivity contribution in [1.82, 2.24) is 4.57 Å². The highest BCUT2D eigenvalue weighted by Crippen LogP contribution is 2.34. The predicted octanol–water partition coefficient (Wildman–Crippen LogP) is 3.56. The monoisotopic (exact) mass is 435 g/mol. The highest BCUT2D eigenvalue weighted by atomic mass is 79.9. The number of nitrogens with two attached hydrogens (primary N) is 1. The molecule has 1 aromatic heterocycles. The van der Waals surface area contributed by atoms with E-state index in [9.17, 15) is 22.4 Å². The summed E-state index contributed by atoms with van der Waals surface area (Å²) < 4.78 is 61.5. The maximum Gasteiger partial charge on any atom is 0.422 e. The third kappa shape index (κ3) is 3.91. The second kappa shape index (κ2) is 7.25. The summed E-state index contributed by atoms with van der Waals surface area (Å²) in [5.74, 6) is -2.18. The molecule has 0 amide bonds. The van der Waals surface area contributed by atoms with E-state index in [-0.39, 0.29) is 32.9 Å². The van der Waals surface area contributed by atoms with Gasteiger partial charge in [0.15, 0.2) is 12.3 Å². The first kappa shape index (κ1) is 19.6. The Balaban J connectivity index is 2.70. The molecule has 138 valence electrons. The molecule has 2 rings (SSSR count). The molecule has 0 bridgehead atoms. The Bertz CT molecular complexity index is 903. The number of methoxy groups -OCH3 is 1. The van der Waals surface area contributed by atoms with Gasteiger partial charge in [0.2, 0.25) is 0 Å². The maximum atomic E-state index is 14.0. The Morgan fingerprint density at radius 1 is 1.42 bits per heavy atom. The fourth-order valence-corrected chi connectivity index (χ4v) is 2.41. The number of nitrogens with zero attached hydrogens (tertiary/aromatic N) is 2. The molecule has 1 heterocycles. The summed E-state index contributed by atoms with van der Waals surface area (Å²) >= 11 is 2.85. The van der Waals surface area contributed by atoms with E-state index >= 15 is 0 Å². The lowest BCUT2D eigenvalue weighted by molar-refractivity contribution is -0.153. The lowest BCUT2D eigenvalue weighted by Gasteiger charge is -2.16. The molecule has 0 fully saturated rings. The molecule has 2 N–H and O–H groups in total. The van der Waals surface area contributed by atoms with E-state index < -0.39 is 24.6 Å². The van der Waals surface area contributed by atoms with Gasteiger partial charge in [-0.3, -0.25) is 0 Å². The zero-order chi connectivity index (χ0) is 19.6. The summed E-state index contributed by atoms with van der Waals surface area (Å²) in [7, 11) is 1.05. The van der Waals surface area contributed by atoms with E-state index in [2.05, 4.69) is 20.7 Å². The van der Waals surface area contributed by atoms with Crippen molar-refractivity contribution >= 4 is 27.6 Å². The molecule has 0 aliphatic rings. The van der Waals surface area contributed by atoms with Gasteiger partial charge in [-0.1, -0.05) is 0 Å². The minimum atomic E-state index is -4.64. The minimum absolute atomic E-state index is 0.143. The van der Waals surface area contributed by atoms with Crippen molar-refractivity contribution in [1.29, 1.82) is 5.26 Å². The van der Waals surface area contributed by atoms with Gasteiger partial charge in [0.1, 0.15) is 17.6 Å². The first-order valence-electron chi connectivity index (χ1n) is 6.77. The van der Waals surface area contributed by atoms with Crippen molar-refractivity contribution in [2.24, 2.45) is 0 Å². The lowest BCUT2D eigenvalue weighted by atomic mass is 10.2. The minimum Gasteiger partial charge on any atom is -0.482 e. The van der Waals surface area contributed by atoms with Gasteiger partial charge in [0.05, 0.1) is 28.5 Å². The van der Waals surface area contributed by atoms with Gasteiger partial charge >= 0.3 is 12.1 Å². The van der Waals surface area contributed by atoms with Crippen molar-refractivity contribution in [3.8, 4) is 17.5 Å². The number of nitriles is 1. The lowest BCUT2D eigenvalue weighted by Crippen LogP contribution is -2.20. The fourth-order valence-electron chi connectivity index (χ4n) is 2.09. The van der Waals surface area contributed by atoms with Crippen LogP contribution in [0.4, 0.5) is 23.2 Å². The number of anilines is 1. The number of aromatic nitrogens is 1. The van der Waals surface area contributed by atoms with Crippen molar-refractivity contribution in [3.05, 3.63) is 39.9 Å². The molecule has 0 atom stereocenters. The summed E-state index contributed by atoms with van der Waals surface area (Å²) in [6.45, 7) is -1.65. The van der Waals surface area contributed by atoms with Crippen LogP contribution in [0, 0.1) is 17.1 Å². The van der Waals surface area contributed by atoms with E-state index in [1.165, 1.54) is 0 Å². The maximum absolute atomic E-state index is 14.0. The van der Waals surface area contributed by atoms with Crippen molar-refractivity contribution in [3.63, 3.8) is 0 Å².